The monoisotopic (exact) mass is 345 g/mol. The Morgan fingerprint density at radius 3 is 2.48 bits per heavy atom. The molecule has 3 heteroatoms. The van der Waals surface area contributed by atoms with Crippen molar-refractivity contribution in [3.63, 3.8) is 0 Å². The first-order valence-electron chi connectivity index (χ1n) is 7.37. The molecule has 1 aliphatic rings. The number of rotatable bonds is 5. The summed E-state index contributed by atoms with van der Waals surface area (Å²) >= 11 is 3.60. The molecular weight excluding hydrogens is 326 g/mol. The highest BCUT2D eigenvalue weighted by Crippen LogP contribution is 2.37. The molecule has 0 spiro atoms. The van der Waals surface area contributed by atoms with Crippen molar-refractivity contribution in [1.29, 1.82) is 0 Å². The van der Waals surface area contributed by atoms with Crippen LogP contribution in [0, 0.1) is 0 Å². The van der Waals surface area contributed by atoms with Crippen LogP contribution in [0.25, 0.3) is 0 Å². The van der Waals surface area contributed by atoms with Crippen LogP contribution < -0.4 is 10.1 Å². The van der Waals surface area contributed by atoms with E-state index >= 15 is 0 Å². The normalized spacial score (nSPS) is 20.9. The minimum atomic E-state index is 0.629. The molecule has 0 saturated heterocycles. The molecule has 0 radical (unpaired) electrons. The highest BCUT2D eigenvalue weighted by atomic mass is 79.9. The Kier molecular flexibility index (Phi) is 4.61. The van der Waals surface area contributed by atoms with Crippen LogP contribution in [0.1, 0.15) is 29.9 Å². The summed E-state index contributed by atoms with van der Waals surface area (Å²) in [6.07, 6.45) is 2.44. The fraction of sp³-hybridized carbons (Fsp3) is 0.333. The standard InChI is InChI=1S/C18H20BrNO/c1-21-17-8-6-13(7-9-17)15-10-16(11-15)20-12-14-4-2-3-5-18(14)19/h2-9,15-16,20H,10-12H2,1H3. The summed E-state index contributed by atoms with van der Waals surface area (Å²) in [5.41, 5.74) is 2.75. The van der Waals surface area contributed by atoms with Crippen molar-refractivity contribution in [2.45, 2.75) is 31.3 Å². The number of nitrogens with one attached hydrogen (secondary N) is 1. The molecule has 0 heterocycles. The number of ether oxygens (including phenoxy) is 1. The Hall–Kier alpha value is -1.32. The number of benzene rings is 2. The Labute approximate surface area is 134 Å². The van der Waals surface area contributed by atoms with Gasteiger partial charge in [-0.25, -0.2) is 0 Å². The minimum absolute atomic E-state index is 0.629. The zero-order valence-electron chi connectivity index (χ0n) is 12.2. The topological polar surface area (TPSA) is 21.3 Å². The highest BCUT2D eigenvalue weighted by molar-refractivity contribution is 9.10. The molecule has 0 unspecified atom stereocenters. The van der Waals surface area contributed by atoms with Gasteiger partial charge in [0.05, 0.1) is 7.11 Å². The zero-order valence-corrected chi connectivity index (χ0v) is 13.8. The molecule has 0 aromatic heterocycles. The molecule has 1 aliphatic carbocycles. The van der Waals surface area contributed by atoms with Gasteiger partial charge in [-0.05, 0) is 48.1 Å². The second kappa shape index (κ2) is 6.63. The smallest absolute Gasteiger partial charge is 0.118 e. The second-order valence-corrected chi connectivity index (χ2v) is 6.47. The van der Waals surface area contributed by atoms with E-state index in [1.54, 1.807) is 7.11 Å². The number of halogens is 1. The van der Waals surface area contributed by atoms with Crippen molar-refractivity contribution in [3.05, 3.63) is 64.1 Å². The fourth-order valence-corrected chi connectivity index (χ4v) is 3.25. The van der Waals surface area contributed by atoms with Crippen molar-refractivity contribution in [1.82, 2.24) is 5.32 Å². The Morgan fingerprint density at radius 2 is 1.81 bits per heavy atom. The molecule has 2 aromatic carbocycles. The van der Waals surface area contributed by atoms with Crippen LogP contribution in [0.15, 0.2) is 53.0 Å². The van der Waals surface area contributed by atoms with Crippen LogP contribution in [0.5, 0.6) is 5.75 Å². The van der Waals surface area contributed by atoms with Gasteiger partial charge in [-0.1, -0.05) is 46.3 Å². The van der Waals surface area contributed by atoms with Crippen molar-refractivity contribution >= 4 is 15.9 Å². The number of hydrogen-bond acceptors (Lipinski definition) is 2. The predicted octanol–water partition coefficient (Wildman–Crippen LogP) is 4.49. The third-order valence-corrected chi connectivity index (χ3v) is 5.04. The Bertz CT molecular complexity index is 590. The molecule has 21 heavy (non-hydrogen) atoms. The predicted molar refractivity (Wildman–Crippen MR) is 89.7 cm³/mol. The van der Waals surface area contributed by atoms with Gasteiger partial charge in [-0.15, -0.1) is 0 Å². The molecule has 1 saturated carbocycles. The lowest BCUT2D eigenvalue weighted by molar-refractivity contribution is 0.289. The lowest BCUT2D eigenvalue weighted by Gasteiger charge is -2.36. The van der Waals surface area contributed by atoms with Gasteiger partial charge in [0.2, 0.25) is 0 Å². The van der Waals surface area contributed by atoms with E-state index in [1.165, 1.54) is 28.4 Å². The summed E-state index contributed by atoms with van der Waals surface area (Å²) < 4.78 is 6.39. The molecule has 0 bridgehead atoms. The molecule has 1 fully saturated rings. The summed E-state index contributed by atoms with van der Waals surface area (Å²) in [6, 6.07) is 17.5. The van der Waals surface area contributed by atoms with Gasteiger partial charge < -0.3 is 10.1 Å². The van der Waals surface area contributed by atoms with Crippen LogP contribution in [0.2, 0.25) is 0 Å². The van der Waals surface area contributed by atoms with Crippen LogP contribution in [0.3, 0.4) is 0 Å². The maximum Gasteiger partial charge on any atom is 0.118 e. The van der Waals surface area contributed by atoms with E-state index in [2.05, 4.69) is 69.8 Å². The van der Waals surface area contributed by atoms with Gasteiger partial charge in [0.15, 0.2) is 0 Å². The molecule has 0 amide bonds. The maximum atomic E-state index is 5.20. The Balaban J connectivity index is 1.48. The fourth-order valence-electron chi connectivity index (χ4n) is 2.83. The lowest BCUT2D eigenvalue weighted by Crippen LogP contribution is -2.39. The van der Waals surface area contributed by atoms with E-state index in [4.69, 9.17) is 4.74 Å². The van der Waals surface area contributed by atoms with E-state index in [0.29, 0.717) is 12.0 Å². The average molecular weight is 346 g/mol. The van der Waals surface area contributed by atoms with E-state index in [9.17, 15) is 0 Å². The van der Waals surface area contributed by atoms with Crippen LogP contribution in [-0.4, -0.2) is 13.2 Å². The van der Waals surface area contributed by atoms with Crippen molar-refractivity contribution in [3.8, 4) is 5.75 Å². The Morgan fingerprint density at radius 1 is 1.10 bits per heavy atom. The molecule has 2 aromatic rings. The van der Waals surface area contributed by atoms with Gasteiger partial charge in [0.1, 0.15) is 5.75 Å². The SMILES string of the molecule is COc1ccc(C2CC(NCc3ccccc3Br)C2)cc1. The zero-order chi connectivity index (χ0) is 14.7. The maximum absolute atomic E-state index is 5.20. The molecule has 0 atom stereocenters. The molecule has 0 aliphatic heterocycles. The quantitative estimate of drug-likeness (QED) is 0.861. The highest BCUT2D eigenvalue weighted by Gasteiger charge is 2.29. The van der Waals surface area contributed by atoms with Crippen LogP contribution in [-0.2, 0) is 6.54 Å². The molecular formula is C18H20BrNO. The largest absolute Gasteiger partial charge is 0.497 e. The summed E-state index contributed by atoms with van der Waals surface area (Å²) in [4.78, 5) is 0. The third-order valence-electron chi connectivity index (χ3n) is 4.26. The minimum Gasteiger partial charge on any atom is -0.497 e. The van der Waals surface area contributed by atoms with Crippen molar-refractivity contribution in [2.75, 3.05) is 7.11 Å². The number of methoxy groups -OCH3 is 1. The first kappa shape index (κ1) is 14.6. The van der Waals surface area contributed by atoms with Gasteiger partial charge in [0.25, 0.3) is 0 Å². The summed E-state index contributed by atoms with van der Waals surface area (Å²) in [6.45, 7) is 0.932. The van der Waals surface area contributed by atoms with E-state index in [0.717, 1.165) is 12.3 Å². The number of hydrogen-bond donors (Lipinski definition) is 1. The first-order valence-corrected chi connectivity index (χ1v) is 8.16. The van der Waals surface area contributed by atoms with Crippen molar-refractivity contribution in [2.24, 2.45) is 0 Å². The lowest BCUT2D eigenvalue weighted by atomic mass is 9.76. The molecule has 3 rings (SSSR count). The average Bonchev–Trinajstić information content (AvgIpc) is 2.48. The second-order valence-electron chi connectivity index (χ2n) is 5.61. The van der Waals surface area contributed by atoms with E-state index in [1.807, 2.05) is 0 Å². The molecule has 2 nitrogen and oxygen atoms in total. The summed E-state index contributed by atoms with van der Waals surface area (Å²) in [7, 11) is 1.71. The van der Waals surface area contributed by atoms with Gasteiger partial charge in [-0.3, -0.25) is 0 Å². The van der Waals surface area contributed by atoms with Gasteiger partial charge in [0, 0.05) is 17.1 Å². The van der Waals surface area contributed by atoms with E-state index in [-0.39, 0.29) is 0 Å². The van der Waals surface area contributed by atoms with Gasteiger partial charge >= 0.3 is 0 Å². The summed E-state index contributed by atoms with van der Waals surface area (Å²) in [5, 5.41) is 3.64. The summed E-state index contributed by atoms with van der Waals surface area (Å²) in [5.74, 6) is 1.62. The van der Waals surface area contributed by atoms with Crippen LogP contribution >= 0.6 is 15.9 Å². The van der Waals surface area contributed by atoms with Crippen LogP contribution in [0.4, 0.5) is 0 Å². The molecule has 110 valence electrons. The third kappa shape index (κ3) is 3.47. The van der Waals surface area contributed by atoms with Gasteiger partial charge in [-0.2, -0.15) is 0 Å². The first-order chi connectivity index (χ1) is 10.3. The van der Waals surface area contributed by atoms with E-state index < -0.39 is 0 Å². The van der Waals surface area contributed by atoms with Crippen molar-refractivity contribution < 1.29 is 4.74 Å². The molecule has 1 N–H and O–H groups in total.